The van der Waals surface area contributed by atoms with Gasteiger partial charge in [0.05, 0.1) is 39.6 Å². The van der Waals surface area contributed by atoms with Gasteiger partial charge in [0.25, 0.3) is 0 Å². The molecule has 0 aliphatic carbocycles. The van der Waals surface area contributed by atoms with Crippen LogP contribution in [0.4, 0.5) is 0 Å². The van der Waals surface area contributed by atoms with Gasteiger partial charge in [0, 0.05) is 6.54 Å². The van der Waals surface area contributed by atoms with E-state index in [9.17, 15) is 4.79 Å². The lowest BCUT2D eigenvalue weighted by atomic mass is 10.6. The molecule has 108 valence electrons. The van der Waals surface area contributed by atoms with E-state index in [1.807, 2.05) is 14.1 Å². The number of carbonyl (C=O) groups is 1. The van der Waals surface area contributed by atoms with Crippen LogP contribution in [0.3, 0.4) is 0 Å². The molecule has 6 nitrogen and oxygen atoms in total. The second-order valence-corrected chi connectivity index (χ2v) is 3.89. The molecule has 0 aliphatic heterocycles. The molecular weight excluding hydrogens is 238 g/mol. The molecule has 0 fully saturated rings. The van der Waals surface area contributed by atoms with Gasteiger partial charge >= 0.3 is 5.97 Å². The lowest BCUT2D eigenvalue weighted by molar-refractivity contribution is -0.148. The Bertz CT molecular complexity index is 199. The van der Waals surface area contributed by atoms with Crippen LogP contribution in [-0.2, 0) is 23.7 Å². The number of nitrogens with zero attached hydrogens (tertiary/aromatic N) is 1. The van der Waals surface area contributed by atoms with Gasteiger partial charge in [0.2, 0.25) is 0 Å². The highest BCUT2D eigenvalue weighted by Gasteiger charge is 2.00. The van der Waals surface area contributed by atoms with E-state index < -0.39 is 0 Å². The molecule has 0 radical (unpaired) electrons. The normalized spacial score (nSPS) is 10.9. The van der Waals surface area contributed by atoms with Gasteiger partial charge in [0.1, 0.15) is 6.61 Å². The number of esters is 1. The van der Waals surface area contributed by atoms with Gasteiger partial charge in [-0.3, -0.25) is 0 Å². The minimum Gasteiger partial charge on any atom is -0.464 e. The van der Waals surface area contributed by atoms with Crippen molar-refractivity contribution in [1.29, 1.82) is 0 Å². The molecule has 0 atom stereocenters. The molecule has 18 heavy (non-hydrogen) atoms. The fourth-order valence-electron chi connectivity index (χ4n) is 1.05. The largest absolute Gasteiger partial charge is 0.464 e. The van der Waals surface area contributed by atoms with Gasteiger partial charge in [-0.05, 0) is 21.0 Å². The first-order chi connectivity index (χ1) is 8.66. The summed E-state index contributed by atoms with van der Waals surface area (Å²) < 4.78 is 20.4. The second kappa shape index (κ2) is 12.8. The zero-order valence-corrected chi connectivity index (χ0v) is 11.6. The van der Waals surface area contributed by atoms with E-state index in [1.54, 1.807) is 6.92 Å². The quantitative estimate of drug-likeness (QED) is 0.369. The number of likely N-dealkylation sites (N-methyl/N-ethyl adjacent to an activating group) is 1. The molecule has 0 heterocycles. The average molecular weight is 263 g/mol. The summed E-state index contributed by atoms with van der Waals surface area (Å²) in [5.74, 6) is -0.343. The fourth-order valence-corrected chi connectivity index (χ4v) is 1.05. The summed E-state index contributed by atoms with van der Waals surface area (Å²) >= 11 is 0. The van der Waals surface area contributed by atoms with E-state index in [2.05, 4.69) is 4.90 Å². The molecule has 0 N–H and O–H groups in total. The molecule has 0 saturated carbocycles. The molecule has 0 bridgehead atoms. The number of carbonyl (C=O) groups excluding carboxylic acids is 1. The minimum atomic E-state index is -0.343. The first-order valence-corrected chi connectivity index (χ1v) is 6.20. The summed E-state index contributed by atoms with van der Waals surface area (Å²) in [5, 5.41) is 0. The smallest absolute Gasteiger partial charge is 0.332 e. The minimum absolute atomic E-state index is 0.0173. The Labute approximate surface area is 109 Å². The Morgan fingerprint density at radius 3 is 2.06 bits per heavy atom. The highest BCUT2D eigenvalue weighted by Crippen LogP contribution is 1.84. The molecule has 0 unspecified atom stereocenters. The average Bonchev–Trinajstić information content (AvgIpc) is 2.31. The Morgan fingerprint density at radius 2 is 1.50 bits per heavy atom. The zero-order chi connectivity index (χ0) is 13.6. The summed E-state index contributed by atoms with van der Waals surface area (Å²) in [7, 11) is 4.00. The van der Waals surface area contributed by atoms with Crippen molar-refractivity contribution in [3.05, 3.63) is 0 Å². The van der Waals surface area contributed by atoms with Crippen LogP contribution in [0.25, 0.3) is 0 Å². The molecule has 0 aliphatic rings. The highest BCUT2D eigenvalue weighted by molar-refractivity contribution is 5.70. The standard InChI is InChI=1S/C12H25NO5/c1-4-18-12(14)11-17-10-9-16-8-7-15-6-5-13(2)3/h4-11H2,1-3H3. The SMILES string of the molecule is CCOC(=O)COCCOCCOCCN(C)C. The van der Waals surface area contributed by atoms with Crippen LogP contribution in [-0.4, -0.2) is 77.8 Å². The van der Waals surface area contributed by atoms with E-state index >= 15 is 0 Å². The van der Waals surface area contributed by atoms with Crippen molar-refractivity contribution < 1.29 is 23.7 Å². The predicted octanol–water partition coefficient (Wildman–Crippen LogP) is 0.161. The van der Waals surface area contributed by atoms with Crippen LogP contribution in [0.15, 0.2) is 0 Å². The summed E-state index contributed by atoms with van der Waals surface area (Å²) in [6, 6.07) is 0. The number of rotatable bonds is 12. The maximum atomic E-state index is 10.9. The molecule has 0 amide bonds. The van der Waals surface area contributed by atoms with Crippen molar-refractivity contribution in [3.63, 3.8) is 0 Å². The molecule has 0 saturated heterocycles. The number of hydrogen-bond donors (Lipinski definition) is 0. The van der Waals surface area contributed by atoms with Crippen molar-refractivity contribution in [2.24, 2.45) is 0 Å². The summed E-state index contributed by atoms with van der Waals surface area (Å²) in [4.78, 5) is 13.0. The lowest BCUT2D eigenvalue weighted by Gasteiger charge is -2.10. The molecule has 0 aromatic carbocycles. The fraction of sp³-hybridized carbons (Fsp3) is 0.917. The molecule has 6 heteroatoms. The molecule has 0 rings (SSSR count). The van der Waals surface area contributed by atoms with Gasteiger partial charge in [0.15, 0.2) is 0 Å². The van der Waals surface area contributed by atoms with Crippen LogP contribution in [0.1, 0.15) is 6.92 Å². The number of hydrogen-bond acceptors (Lipinski definition) is 6. The molecular formula is C12H25NO5. The van der Waals surface area contributed by atoms with E-state index in [4.69, 9.17) is 18.9 Å². The van der Waals surface area contributed by atoms with E-state index in [1.165, 1.54) is 0 Å². The van der Waals surface area contributed by atoms with Crippen LogP contribution in [0.5, 0.6) is 0 Å². The van der Waals surface area contributed by atoms with Gasteiger partial charge in [-0.1, -0.05) is 0 Å². The van der Waals surface area contributed by atoms with Crippen molar-refractivity contribution in [2.45, 2.75) is 6.92 Å². The Hall–Kier alpha value is -0.690. The summed E-state index contributed by atoms with van der Waals surface area (Å²) in [5.41, 5.74) is 0. The first kappa shape index (κ1) is 17.3. The monoisotopic (exact) mass is 263 g/mol. The first-order valence-electron chi connectivity index (χ1n) is 6.20. The van der Waals surface area contributed by atoms with Crippen molar-refractivity contribution in [1.82, 2.24) is 4.90 Å². The zero-order valence-electron chi connectivity index (χ0n) is 11.6. The Balaban J connectivity index is 3.05. The number of ether oxygens (including phenoxy) is 4. The third kappa shape index (κ3) is 13.4. The third-order valence-corrected chi connectivity index (χ3v) is 1.95. The van der Waals surface area contributed by atoms with Crippen LogP contribution in [0, 0.1) is 0 Å². The van der Waals surface area contributed by atoms with Gasteiger partial charge in [-0.15, -0.1) is 0 Å². The third-order valence-electron chi connectivity index (χ3n) is 1.95. The van der Waals surface area contributed by atoms with Crippen molar-refractivity contribution >= 4 is 5.97 Å². The van der Waals surface area contributed by atoms with E-state index in [0.717, 1.165) is 6.54 Å². The Kier molecular flexibility index (Phi) is 12.3. The molecule has 0 aromatic heterocycles. The summed E-state index contributed by atoms with van der Waals surface area (Å²) in [6.45, 7) is 5.68. The Morgan fingerprint density at radius 1 is 0.944 bits per heavy atom. The lowest BCUT2D eigenvalue weighted by Crippen LogP contribution is -2.19. The van der Waals surface area contributed by atoms with Crippen LogP contribution >= 0.6 is 0 Å². The molecule has 0 spiro atoms. The molecule has 0 aromatic rings. The van der Waals surface area contributed by atoms with E-state index in [-0.39, 0.29) is 12.6 Å². The topological polar surface area (TPSA) is 57.2 Å². The van der Waals surface area contributed by atoms with Crippen molar-refractivity contribution in [2.75, 3.05) is 66.9 Å². The summed E-state index contributed by atoms with van der Waals surface area (Å²) in [6.07, 6.45) is 0. The van der Waals surface area contributed by atoms with Gasteiger partial charge < -0.3 is 23.8 Å². The van der Waals surface area contributed by atoms with Crippen molar-refractivity contribution in [3.8, 4) is 0 Å². The van der Waals surface area contributed by atoms with Gasteiger partial charge in [-0.2, -0.15) is 0 Å². The van der Waals surface area contributed by atoms with Crippen LogP contribution in [0.2, 0.25) is 0 Å². The van der Waals surface area contributed by atoms with Crippen LogP contribution < -0.4 is 0 Å². The van der Waals surface area contributed by atoms with Gasteiger partial charge in [-0.25, -0.2) is 4.79 Å². The maximum Gasteiger partial charge on any atom is 0.332 e. The maximum absolute atomic E-state index is 10.9. The predicted molar refractivity (Wildman–Crippen MR) is 67.6 cm³/mol. The van der Waals surface area contributed by atoms with E-state index in [0.29, 0.717) is 39.6 Å². The second-order valence-electron chi connectivity index (χ2n) is 3.89. The highest BCUT2D eigenvalue weighted by atomic mass is 16.6.